The molecule has 136 valence electrons. The highest BCUT2D eigenvalue weighted by Crippen LogP contribution is 2.14. The van der Waals surface area contributed by atoms with Gasteiger partial charge in [-0.15, -0.1) is 24.0 Å². The first kappa shape index (κ1) is 23.0. The molecular weight excluding hydrogens is 441 g/mol. The molecule has 1 aromatic rings. The summed E-state index contributed by atoms with van der Waals surface area (Å²) in [5.41, 5.74) is 1.04. The molecule has 0 fully saturated rings. The lowest BCUT2D eigenvalue weighted by atomic mass is 10.1. The van der Waals surface area contributed by atoms with Crippen molar-refractivity contribution in [2.24, 2.45) is 4.99 Å². The Morgan fingerprint density at radius 2 is 1.88 bits per heavy atom. The Labute approximate surface area is 166 Å². The first-order chi connectivity index (χ1) is 11.2. The summed E-state index contributed by atoms with van der Waals surface area (Å²) in [6.07, 6.45) is 4.53. The van der Waals surface area contributed by atoms with Crippen molar-refractivity contribution in [3.8, 4) is 0 Å². The topological polar surface area (TPSA) is 62.7 Å². The van der Waals surface area contributed by atoms with Crippen molar-refractivity contribution in [3.63, 3.8) is 0 Å². The maximum absolute atomic E-state index is 11.0. The van der Waals surface area contributed by atoms with E-state index in [1.165, 1.54) is 7.11 Å². The van der Waals surface area contributed by atoms with Gasteiger partial charge in [0.25, 0.3) is 0 Å². The van der Waals surface area contributed by atoms with Gasteiger partial charge in [0.2, 0.25) is 0 Å². The van der Waals surface area contributed by atoms with E-state index >= 15 is 0 Å². The van der Waals surface area contributed by atoms with E-state index in [9.17, 15) is 4.79 Å². The quantitative estimate of drug-likeness (QED) is 0.191. The van der Waals surface area contributed by atoms with E-state index < -0.39 is 0 Å². The number of nitrogens with zero attached hydrogens (tertiary/aromatic N) is 1. The summed E-state index contributed by atoms with van der Waals surface area (Å²) in [5, 5.41) is 7.27. The van der Waals surface area contributed by atoms with Gasteiger partial charge in [0, 0.05) is 31.6 Å². The summed E-state index contributed by atoms with van der Waals surface area (Å²) in [4.78, 5) is 15.2. The number of esters is 1. The molecule has 0 spiro atoms. The Balaban J connectivity index is 0.00000529. The Kier molecular flexibility index (Phi) is 13.7. The summed E-state index contributed by atoms with van der Waals surface area (Å²) in [5.74, 6) is 0.631. The van der Waals surface area contributed by atoms with Gasteiger partial charge >= 0.3 is 5.97 Å². The highest BCUT2D eigenvalue weighted by atomic mass is 127. The molecule has 0 heterocycles. The standard InChI is InChI=1S/C17H26ClN3O2.HI/c1-19-17(21-13-14-9-6-7-10-15(14)18)20-12-8-4-3-5-11-16(22)23-2;/h6-7,9-10H,3-5,8,11-13H2,1-2H3,(H2,19,20,21);1H. The van der Waals surface area contributed by atoms with Gasteiger partial charge in [0.1, 0.15) is 0 Å². The third-order valence-corrected chi connectivity index (χ3v) is 3.82. The van der Waals surface area contributed by atoms with Crippen LogP contribution in [0.3, 0.4) is 0 Å². The molecule has 0 atom stereocenters. The monoisotopic (exact) mass is 467 g/mol. The molecule has 5 nitrogen and oxygen atoms in total. The Hall–Kier alpha value is -1.02. The van der Waals surface area contributed by atoms with Gasteiger partial charge in [-0.2, -0.15) is 0 Å². The van der Waals surface area contributed by atoms with Crippen LogP contribution < -0.4 is 10.6 Å². The first-order valence-electron chi connectivity index (χ1n) is 7.92. The third-order valence-electron chi connectivity index (χ3n) is 3.46. The maximum Gasteiger partial charge on any atom is 0.305 e. The summed E-state index contributed by atoms with van der Waals surface area (Å²) in [6.45, 7) is 1.49. The lowest BCUT2D eigenvalue weighted by Gasteiger charge is -2.12. The van der Waals surface area contributed by atoms with Crippen LogP contribution in [0.2, 0.25) is 5.02 Å². The zero-order chi connectivity index (χ0) is 16.9. The molecule has 0 aromatic heterocycles. The molecule has 24 heavy (non-hydrogen) atoms. The molecule has 1 aromatic carbocycles. The Morgan fingerprint density at radius 3 is 2.54 bits per heavy atom. The van der Waals surface area contributed by atoms with Crippen molar-refractivity contribution in [2.45, 2.75) is 38.6 Å². The lowest BCUT2D eigenvalue weighted by molar-refractivity contribution is -0.140. The summed E-state index contributed by atoms with van der Waals surface area (Å²) < 4.78 is 4.61. The number of guanidine groups is 1. The molecule has 2 N–H and O–H groups in total. The van der Waals surface area contributed by atoms with Crippen molar-refractivity contribution >= 4 is 47.5 Å². The number of methoxy groups -OCH3 is 1. The second-order valence-electron chi connectivity index (χ2n) is 5.18. The normalized spacial score (nSPS) is 10.7. The summed E-state index contributed by atoms with van der Waals surface area (Å²) in [6, 6.07) is 7.75. The van der Waals surface area contributed by atoms with Crippen LogP contribution >= 0.6 is 35.6 Å². The number of ether oxygens (including phenoxy) is 1. The van der Waals surface area contributed by atoms with Crippen molar-refractivity contribution < 1.29 is 9.53 Å². The molecule has 0 radical (unpaired) electrons. The van der Waals surface area contributed by atoms with Gasteiger partial charge in [0.05, 0.1) is 7.11 Å². The van der Waals surface area contributed by atoms with Gasteiger partial charge in [-0.1, -0.05) is 42.6 Å². The van der Waals surface area contributed by atoms with Crippen molar-refractivity contribution in [3.05, 3.63) is 34.9 Å². The largest absolute Gasteiger partial charge is 0.469 e. The van der Waals surface area contributed by atoms with Crippen LogP contribution in [0.15, 0.2) is 29.3 Å². The molecule has 0 saturated heterocycles. The minimum Gasteiger partial charge on any atom is -0.469 e. The molecule has 0 aliphatic heterocycles. The Morgan fingerprint density at radius 1 is 1.17 bits per heavy atom. The number of nitrogens with one attached hydrogen (secondary N) is 2. The Bertz CT molecular complexity index is 512. The van der Waals surface area contributed by atoms with E-state index in [-0.39, 0.29) is 29.9 Å². The van der Waals surface area contributed by atoms with Gasteiger partial charge in [-0.25, -0.2) is 0 Å². The van der Waals surface area contributed by atoms with E-state index in [2.05, 4.69) is 20.4 Å². The predicted molar refractivity (Wildman–Crippen MR) is 110 cm³/mol. The second-order valence-corrected chi connectivity index (χ2v) is 5.59. The number of aliphatic imine (C=N–C) groups is 1. The van der Waals surface area contributed by atoms with E-state index in [0.717, 1.165) is 48.8 Å². The molecule has 0 aliphatic rings. The summed E-state index contributed by atoms with van der Waals surface area (Å²) in [7, 11) is 3.17. The van der Waals surface area contributed by atoms with Crippen LogP contribution in [-0.2, 0) is 16.1 Å². The lowest BCUT2D eigenvalue weighted by Crippen LogP contribution is -2.37. The van der Waals surface area contributed by atoms with Gasteiger partial charge in [-0.3, -0.25) is 9.79 Å². The van der Waals surface area contributed by atoms with E-state index in [4.69, 9.17) is 11.6 Å². The fraction of sp³-hybridized carbons (Fsp3) is 0.529. The van der Waals surface area contributed by atoms with Crippen molar-refractivity contribution in [1.82, 2.24) is 10.6 Å². The molecule has 0 amide bonds. The smallest absolute Gasteiger partial charge is 0.305 e. The SMILES string of the molecule is CN=C(NCCCCCCC(=O)OC)NCc1ccccc1Cl.I. The molecular formula is C17H27ClIN3O2. The number of unbranched alkanes of at least 4 members (excludes halogenated alkanes) is 3. The number of hydrogen-bond donors (Lipinski definition) is 2. The molecule has 1 rings (SSSR count). The van der Waals surface area contributed by atoms with Crippen LogP contribution in [0.25, 0.3) is 0 Å². The van der Waals surface area contributed by atoms with E-state index in [0.29, 0.717) is 13.0 Å². The number of hydrogen-bond acceptors (Lipinski definition) is 3. The number of carbonyl (C=O) groups excluding carboxylic acids is 1. The highest BCUT2D eigenvalue weighted by molar-refractivity contribution is 14.0. The summed E-state index contributed by atoms with van der Waals surface area (Å²) >= 11 is 6.13. The van der Waals surface area contributed by atoms with Crippen molar-refractivity contribution in [1.29, 1.82) is 0 Å². The molecule has 0 bridgehead atoms. The minimum atomic E-state index is -0.132. The van der Waals surface area contributed by atoms with Crippen LogP contribution in [-0.4, -0.2) is 32.6 Å². The maximum atomic E-state index is 11.0. The zero-order valence-electron chi connectivity index (χ0n) is 14.3. The van der Waals surface area contributed by atoms with Crippen LogP contribution in [0.5, 0.6) is 0 Å². The second kappa shape index (κ2) is 14.3. The molecule has 0 saturated carbocycles. The van der Waals surface area contributed by atoms with E-state index in [1.807, 2.05) is 24.3 Å². The highest BCUT2D eigenvalue weighted by Gasteiger charge is 2.02. The van der Waals surface area contributed by atoms with Crippen LogP contribution in [0.1, 0.15) is 37.7 Å². The van der Waals surface area contributed by atoms with Gasteiger partial charge < -0.3 is 15.4 Å². The average Bonchev–Trinajstić information content (AvgIpc) is 2.57. The average molecular weight is 468 g/mol. The number of rotatable bonds is 9. The minimum absolute atomic E-state index is 0. The zero-order valence-corrected chi connectivity index (χ0v) is 17.4. The predicted octanol–water partition coefficient (Wildman–Crippen LogP) is 3.75. The fourth-order valence-corrected chi connectivity index (χ4v) is 2.30. The van der Waals surface area contributed by atoms with Crippen molar-refractivity contribution in [2.75, 3.05) is 20.7 Å². The number of halogens is 2. The fourth-order valence-electron chi connectivity index (χ4n) is 2.10. The molecule has 0 aliphatic carbocycles. The number of benzene rings is 1. The third kappa shape index (κ3) is 9.97. The van der Waals surface area contributed by atoms with E-state index in [1.54, 1.807) is 7.05 Å². The number of carbonyl (C=O) groups is 1. The first-order valence-corrected chi connectivity index (χ1v) is 8.30. The van der Waals surface area contributed by atoms with Crippen LogP contribution in [0, 0.1) is 0 Å². The molecule has 0 unspecified atom stereocenters. The van der Waals surface area contributed by atoms with Gasteiger partial charge in [0.15, 0.2) is 5.96 Å². The van der Waals surface area contributed by atoms with Gasteiger partial charge in [-0.05, 0) is 24.5 Å². The molecule has 7 heteroatoms. The van der Waals surface area contributed by atoms with Crippen LogP contribution in [0.4, 0.5) is 0 Å².